The van der Waals surface area contributed by atoms with Gasteiger partial charge in [0.1, 0.15) is 11.8 Å². The van der Waals surface area contributed by atoms with Crippen molar-refractivity contribution in [3.63, 3.8) is 0 Å². The van der Waals surface area contributed by atoms with E-state index in [1.807, 2.05) is 42.3 Å². The summed E-state index contributed by atoms with van der Waals surface area (Å²) in [6.45, 7) is 0. The van der Waals surface area contributed by atoms with Gasteiger partial charge in [-0.05, 0) is 18.2 Å². The second-order valence-corrected chi connectivity index (χ2v) is 4.73. The van der Waals surface area contributed by atoms with E-state index in [1.54, 1.807) is 24.4 Å². The van der Waals surface area contributed by atoms with Crippen molar-refractivity contribution in [2.75, 3.05) is 11.9 Å². The highest BCUT2D eigenvalue weighted by Gasteiger charge is 2.14. The van der Waals surface area contributed by atoms with Gasteiger partial charge in [-0.25, -0.2) is 0 Å². The number of rotatable bonds is 2. The van der Waals surface area contributed by atoms with Gasteiger partial charge in [-0.15, -0.1) is 0 Å². The van der Waals surface area contributed by atoms with Crippen molar-refractivity contribution >= 4 is 22.3 Å². The van der Waals surface area contributed by atoms with Crippen molar-refractivity contribution < 1.29 is 5.11 Å². The summed E-state index contributed by atoms with van der Waals surface area (Å²) >= 11 is 0. The summed E-state index contributed by atoms with van der Waals surface area (Å²) in [4.78, 5) is 6.20. The number of aromatic nitrogens is 1. The Morgan fingerprint density at radius 1 is 1.14 bits per heavy atom. The van der Waals surface area contributed by atoms with Gasteiger partial charge in [-0.1, -0.05) is 24.3 Å². The molecule has 0 bridgehead atoms. The number of nitriles is 1. The first-order valence-electron chi connectivity index (χ1n) is 6.51. The Hall–Kier alpha value is -3.06. The van der Waals surface area contributed by atoms with Crippen LogP contribution in [0, 0.1) is 11.3 Å². The van der Waals surface area contributed by atoms with E-state index < -0.39 is 0 Å². The standard InChI is InChI=1S/C17H13N3O/c1-20(13-5-4-6-14(21)9-13)17-12(10-18)11-19-16-8-3-2-7-15(16)17/h2-9,11,21H,1H3. The van der Waals surface area contributed by atoms with Crippen LogP contribution >= 0.6 is 0 Å². The van der Waals surface area contributed by atoms with Gasteiger partial charge < -0.3 is 10.0 Å². The Labute approximate surface area is 122 Å². The highest BCUT2D eigenvalue weighted by atomic mass is 16.3. The molecule has 0 amide bonds. The zero-order valence-corrected chi connectivity index (χ0v) is 11.5. The fraction of sp³-hybridized carbons (Fsp3) is 0.0588. The van der Waals surface area contributed by atoms with Gasteiger partial charge in [-0.2, -0.15) is 5.26 Å². The molecule has 4 nitrogen and oxygen atoms in total. The molecule has 0 spiro atoms. The Morgan fingerprint density at radius 3 is 2.71 bits per heavy atom. The molecular weight excluding hydrogens is 262 g/mol. The lowest BCUT2D eigenvalue weighted by molar-refractivity contribution is 0.475. The second-order valence-electron chi connectivity index (χ2n) is 4.73. The Morgan fingerprint density at radius 2 is 1.95 bits per heavy atom. The Kier molecular flexibility index (Phi) is 3.17. The maximum Gasteiger partial charge on any atom is 0.117 e. The molecule has 2 aromatic carbocycles. The minimum absolute atomic E-state index is 0.191. The van der Waals surface area contributed by atoms with Gasteiger partial charge in [0, 0.05) is 30.4 Å². The number of aromatic hydroxyl groups is 1. The molecule has 1 aromatic heterocycles. The molecule has 1 heterocycles. The van der Waals surface area contributed by atoms with Crippen LogP contribution in [0.5, 0.6) is 5.75 Å². The van der Waals surface area contributed by atoms with Crippen LogP contribution in [0.3, 0.4) is 0 Å². The van der Waals surface area contributed by atoms with E-state index in [9.17, 15) is 10.4 Å². The fourth-order valence-corrected chi connectivity index (χ4v) is 2.40. The maximum absolute atomic E-state index is 9.64. The van der Waals surface area contributed by atoms with E-state index in [2.05, 4.69) is 11.1 Å². The van der Waals surface area contributed by atoms with E-state index in [0.29, 0.717) is 5.56 Å². The highest BCUT2D eigenvalue weighted by molar-refractivity contribution is 5.96. The quantitative estimate of drug-likeness (QED) is 0.776. The second kappa shape index (κ2) is 5.14. The fourth-order valence-electron chi connectivity index (χ4n) is 2.40. The van der Waals surface area contributed by atoms with E-state index in [4.69, 9.17) is 0 Å². The molecule has 0 unspecified atom stereocenters. The number of anilines is 2. The van der Waals surface area contributed by atoms with Gasteiger partial charge in [0.05, 0.1) is 16.8 Å². The van der Waals surface area contributed by atoms with Crippen molar-refractivity contribution in [3.05, 3.63) is 60.3 Å². The van der Waals surface area contributed by atoms with Crippen molar-refractivity contribution in [2.24, 2.45) is 0 Å². The molecule has 102 valence electrons. The summed E-state index contributed by atoms with van der Waals surface area (Å²) in [7, 11) is 1.87. The number of para-hydroxylation sites is 1. The number of benzene rings is 2. The molecule has 4 heteroatoms. The monoisotopic (exact) mass is 275 g/mol. The van der Waals surface area contributed by atoms with Gasteiger partial charge in [0.25, 0.3) is 0 Å². The summed E-state index contributed by atoms with van der Waals surface area (Å²) in [5.41, 5.74) is 2.93. The van der Waals surface area contributed by atoms with Crippen LogP contribution in [0.25, 0.3) is 10.9 Å². The number of fused-ring (bicyclic) bond motifs is 1. The van der Waals surface area contributed by atoms with Gasteiger partial charge in [0.15, 0.2) is 0 Å². The zero-order valence-electron chi connectivity index (χ0n) is 11.5. The van der Waals surface area contributed by atoms with Crippen LogP contribution in [0.15, 0.2) is 54.7 Å². The van der Waals surface area contributed by atoms with Crippen molar-refractivity contribution in [1.29, 1.82) is 5.26 Å². The molecule has 1 N–H and O–H groups in total. The van der Waals surface area contributed by atoms with Crippen LogP contribution in [0.2, 0.25) is 0 Å². The van der Waals surface area contributed by atoms with E-state index in [1.165, 1.54) is 0 Å². The maximum atomic E-state index is 9.64. The Bertz CT molecular complexity index is 852. The molecule has 21 heavy (non-hydrogen) atoms. The van der Waals surface area contributed by atoms with E-state index >= 15 is 0 Å². The smallest absolute Gasteiger partial charge is 0.117 e. The summed E-state index contributed by atoms with van der Waals surface area (Å²) in [5, 5.41) is 19.9. The predicted octanol–water partition coefficient (Wildman–Crippen LogP) is 3.58. The lowest BCUT2D eigenvalue weighted by atomic mass is 10.1. The first-order chi connectivity index (χ1) is 10.2. The third-order valence-electron chi connectivity index (χ3n) is 3.42. The molecule has 0 aliphatic carbocycles. The summed E-state index contributed by atoms with van der Waals surface area (Å²) < 4.78 is 0. The number of phenolic OH excluding ortho intramolecular Hbond substituents is 1. The highest BCUT2D eigenvalue weighted by Crippen LogP contribution is 2.34. The van der Waals surface area contributed by atoms with Gasteiger partial charge >= 0.3 is 0 Å². The van der Waals surface area contributed by atoms with Crippen molar-refractivity contribution in [3.8, 4) is 11.8 Å². The first kappa shape index (κ1) is 12.9. The van der Waals surface area contributed by atoms with Gasteiger partial charge in [0.2, 0.25) is 0 Å². The molecule has 0 fully saturated rings. The molecule has 0 atom stereocenters. The number of nitrogens with zero attached hydrogens (tertiary/aromatic N) is 3. The third kappa shape index (κ3) is 2.26. The summed E-state index contributed by atoms with van der Waals surface area (Å²) in [6, 6.07) is 16.8. The topological polar surface area (TPSA) is 60.1 Å². The SMILES string of the molecule is CN(c1cccc(O)c1)c1c(C#N)cnc2ccccc12. The molecule has 0 saturated heterocycles. The number of pyridine rings is 1. The molecule has 3 rings (SSSR count). The minimum Gasteiger partial charge on any atom is -0.508 e. The van der Waals surface area contributed by atoms with Crippen LogP contribution in [-0.4, -0.2) is 17.1 Å². The molecule has 0 radical (unpaired) electrons. The average molecular weight is 275 g/mol. The van der Waals surface area contributed by atoms with E-state index in [0.717, 1.165) is 22.3 Å². The van der Waals surface area contributed by atoms with Crippen LogP contribution < -0.4 is 4.90 Å². The van der Waals surface area contributed by atoms with E-state index in [-0.39, 0.29) is 5.75 Å². The van der Waals surface area contributed by atoms with Crippen LogP contribution in [-0.2, 0) is 0 Å². The third-order valence-corrected chi connectivity index (χ3v) is 3.42. The number of hydrogen-bond donors (Lipinski definition) is 1. The molecule has 0 saturated carbocycles. The van der Waals surface area contributed by atoms with Crippen LogP contribution in [0.4, 0.5) is 11.4 Å². The lowest BCUT2D eigenvalue weighted by Gasteiger charge is -2.22. The summed E-state index contributed by atoms with van der Waals surface area (Å²) in [6.07, 6.45) is 1.58. The van der Waals surface area contributed by atoms with Crippen LogP contribution in [0.1, 0.15) is 5.56 Å². The molecular formula is C17H13N3O. The Balaban J connectivity index is 2.25. The molecule has 0 aliphatic rings. The zero-order chi connectivity index (χ0) is 14.8. The largest absolute Gasteiger partial charge is 0.508 e. The number of phenols is 1. The van der Waals surface area contributed by atoms with Gasteiger partial charge in [-0.3, -0.25) is 4.98 Å². The van der Waals surface area contributed by atoms with Crippen molar-refractivity contribution in [2.45, 2.75) is 0 Å². The minimum atomic E-state index is 0.191. The summed E-state index contributed by atoms with van der Waals surface area (Å²) in [5.74, 6) is 0.191. The lowest BCUT2D eigenvalue weighted by Crippen LogP contribution is -2.12. The number of hydrogen-bond acceptors (Lipinski definition) is 4. The predicted molar refractivity (Wildman–Crippen MR) is 82.6 cm³/mol. The molecule has 0 aliphatic heterocycles. The molecule has 3 aromatic rings. The normalized spacial score (nSPS) is 10.3. The average Bonchev–Trinajstić information content (AvgIpc) is 2.53. The first-order valence-corrected chi connectivity index (χ1v) is 6.51. The van der Waals surface area contributed by atoms with Crippen molar-refractivity contribution in [1.82, 2.24) is 4.98 Å².